The van der Waals surface area contributed by atoms with Gasteiger partial charge in [-0.25, -0.2) is 8.78 Å². The number of halogens is 2. The predicted molar refractivity (Wildman–Crippen MR) is 102 cm³/mol. The van der Waals surface area contributed by atoms with E-state index in [2.05, 4.69) is 9.88 Å². The number of benzene rings is 1. The molecule has 8 heteroatoms. The lowest BCUT2D eigenvalue weighted by molar-refractivity contribution is -0.141. The highest BCUT2D eigenvalue weighted by atomic mass is 19.2. The van der Waals surface area contributed by atoms with Crippen LogP contribution in [0.1, 0.15) is 16.1 Å². The molecule has 0 unspecified atom stereocenters. The van der Waals surface area contributed by atoms with Gasteiger partial charge in [0.25, 0.3) is 5.91 Å². The van der Waals surface area contributed by atoms with E-state index in [4.69, 9.17) is 0 Å². The molecule has 152 valence electrons. The minimum Gasteiger partial charge on any atom is -0.340 e. The molecule has 2 aliphatic rings. The summed E-state index contributed by atoms with van der Waals surface area (Å²) in [4.78, 5) is 35.0. The molecule has 1 aromatic heterocycles. The Morgan fingerprint density at radius 2 is 1.72 bits per heavy atom. The van der Waals surface area contributed by atoms with Crippen molar-refractivity contribution in [2.75, 3.05) is 39.3 Å². The number of pyridine rings is 1. The van der Waals surface area contributed by atoms with Crippen molar-refractivity contribution in [1.82, 2.24) is 19.7 Å². The van der Waals surface area contributed by atoms with E-state index in [1.54, 1.807) is 6.20 Å². The summed E-state index contributed by atoms with van der Waals surface area (Å²) in [6.07, 6.45) is 1.78. The number of piperazine rings is 1. The monoisotopic (exact) mass is 400 g/mol. The number of amides is 2. The van der Waals surface area contributed by atoms with Gasteiger partial charge >= 0.3 is 0 Å². The molecular weight excluding hydrogens is 378 g/mol. The fraction of sp³-hybridized carbons (Fsp3) is 0.381. The van der Waals surface area contributed by atoms with Crippen LogP contribution in [0, 0.1) is 17.6 Å². The smallest absolute Gasteiger partial charge is 0.254 e. The number of carbonyl (C=O) groups excluding carboxylic acids is 2. The second-order valence-electron chi connectivity index (χ2n) is 7.46. The van der Waals surface area contributed by atoms with Crippen LogP contribution in [0.5, 0.6) is 0 Å². The third-order valence-electron chi connectivity index (χ3n) is 5.48. The number of carbonyl (C=O) groups is 2. The average molecular weight is 400 g/mol. The van der Waals surface area contributed by atoms with Gasteiger partial charge in [0.05, 0.1) is 11.6 Å². The molecule has 2 fully saturated rings. The zero-order chi connectivity index (χ0) is 20.4. The molecule has 2 amide bonds. The SMILES string of the molecule is O=C(c1ccc(F)c(F)c1)N1CC(C(=O)N2CCN(Cc3ccccn3)CC2)C1. The van der Waals surface area contributed by atoms with Crippen LogP contribution < -0.4 is 0 Å². The largest absolute Gasteiger partial charge is 0.340 e. The van der Waals surface area contributed by atoms with E-state index < -0.39 is 11.6 Å². The van der Waals surface area contributed by atoms with Crippen LogP contribution in [0.15, 0.2) is 42.6 Å². The third-order valence-corrected chi connectivity index (χ3v) is 5.48. The first-order valence-electron chi connectivity index (χ1n) is 9.66. The summed E-state index contributed by atoms with van der Waals surface area (Å²) >= 11 is 0. The van der Waals surface area contributed by atoms with Crippen molar-refractivity contribution >= 4 is 11.8 Å². The minimum atomic E-state index is -1.05. The van der Waals surface area contributed by atoms with Crippen molar-refractivity contribution in [2.45, 2.75) is 6.54 Å². The van der Waals surface area contributed by atoms with Gasteiger partial charge in [0.15, 0.2) is 11.6 Å². The first-order valence-corrected chi connectivity index (χ1v) is 9.66. The second kappa shape index (κ2) is 8.24. The van der Waals surface area contributed by atoms with Crippen molar-refractivity contribution in [2.24, 2.45) is 5.92 Å². The molecule has 2 aliphatic heterocycles. The van der Waals surface area contributed by atoms with Gasteiger partial charge in [0, 0.05) is 57.6 Å². The second-order valence-corrected chi connectivity index (χ2v) is 7.46. The Morgan fingerprint density at radius 3 is 2.38 bits per heavy atom. The first-order chi connectivity index (χ1) is 14.0. The van der Waals surface area contributed by atoms with Crippen LogP contribution in [0.2, 0.25) is 0 Å². The van der Waals surface area contributed by atoms with Crippen molar-refractivity contribution in [3.8, 4) is 0 Å². The van der Waals surface area contributed by atoms with Gasteiger partial charge in [-0.1, -0.05) is 6.07 Å². The highest BCUT2D eigenvalue weighted by Crippen LogP contribution is 2.22. The summed E-state index contributed by atoms with van der Waals surface area (Å²) in [5.74, 6) is -2.59. The first kappa shape index (κ1) is 19.4. The Kier molecular flexibility index (Phi) is 5.53. The molecule has 6 nitrogen and oxygen atoms in total. The van der Waals surface area contributed by atoms with E-state index in [9.17, 15) is 18.4 Å². The standard InChI is InChI=1S/C21H22F2N4O2/c22-18-5-4-15(11-19(18)23)20(28)27-12-16(13-27)21(29)26-9-7-25(8-10-26)14-17-3-1-2-6-24-17/h1-6,11,16H,7-10,12-14H2. The van der Waals surface area contributed by atoms with Crippen LogP contribution >= 0.6 is 0 Å². The fourth-order valence-corrected chi connectivity index (χ4v) is 3.72. The molecular formula is C21H22F2N4O2. The lowest BCUT2D eigenvalue weighted by Gasteiger charge is -2.42. The van der Waals surface area contributed by atoms with Crippen molar-refractivity contribution in [3.05, 3.63) is 65.5 Å². The number of likely N-dealkylation sites (tertiary alicyclic amines) is 1. The number of hydrogen-bond acceptors (Lipinski definition) is 4. The topological polar surface area (TPSA) is 56.8 Å². The summed E-state index contributed by atoms with van der Waals surface area (Å²) in [6, 6.07) is 8.94. The van der Waals surface area contributed by atoms with Gasteiger partial charge in [0.2, 0.25) is 5.91 Å². The molecule has 3 heterocycles. The van der Waals surface area contributed by atoms with Gasteiger partial charge in [-0.05, 0) is 30.3 Å². The molecule has 2 aromatic rings. The van der Waals surface area contributed by atoms with Gasteiger partial charge in [-0.2, -0.15) is 0 Å². The molecule has 0 bridgehead atoms. The fourth-order valence-electron chi connectivity index (χ4n) is 3.72. The molecule has 2 saturated heterocycles. The molecule has 0 saturated carbocycles. The van der Waals surface area contributed by atoms with Crippen LogP contribution in [-0.4, -0.2) is 70.8 Å². The van der Waals surface area contributed by atoms with E-state index in [0.717, 1.165) is 37.5 Å². The number of hydrogen-bond donors (Lipinski definition) is 0. The van der Waals surface area contributed by atoms with Crippen molar-refractivity contribution < 1.29 is 18.4 Å². The zero-order valence-electron chi connectivity index (χ0n) is 15.9. The van der Waals surface area contributed by atoms with Gasteiger partial charge in [-0.15, -0.1) is 0 Å². The lowest BCUT2D eigenvalue weighted by atomic mass is 9.96. The Morgan fingerprint density at radius 1 is 0.966 bits per heavy atom. The molecule has 0 spiro atoms. The summed E-state index contributed by atoms with van der Waals surface area (Å²) in [7, 11) is 0. The lowest BCUT2D eigenvalue weighted by Crippen LogP contribution is -2.59. The van der Waals surface area contributed by atoms with Gasteiger partial charge in [0.1, 0.15) is 0 Å². The van der Waals surface area contributed by atoms with Gasteiger partial charge in [-0.3, -0.25) is 19.5 Å². The van der Waals surface area contributed by atoms with E-state index in [-0.39, 0.29) is 23.3 Å². The van der Waals surface area contributed by atoms with E-state index in [1.165, 1.54) is 11.0 Å². The van der Waals surface area contributed by atoms with Gasteiger partial charge < -0.3 is 9.80 Å². The van der Waals surface area contributed by atoms with Crippen LogP contribution in [0.3, 0.4) is 0 Å². The summed E-state index contributed by atoms with van der Waals surface area (Å²) in [5, 5.41) is 0. The zero-order valence-corrected chi connectivity index (χ0v) is 15.9. The molecule has 0 atom stereocenters. The van der Waals surface area contributed by atoms with E-state index in [0.29, 0.717) is 26.2 Å². The number of aromatic nitrogens is 1. The molecule has 1 aromatic carbocycles. The van der Waals surface area contributed by atoms with Crippen molar-refractivity contribution in [1.29, 1.82) is 0 Å². The minimum absolute atomic E-state index is 0.0526. The highest BCUT2D eigenvalue weighted by Gasteiger charge is 2.39. The molecule has 0 radical (unpaired) electrons. The number of rotatable bonds is 4. The summed E-state index contributed by atoms with van der Waals surface area (Å²) in [6.45, 7) is 4.26. The molecule has 0 aliphatic carbocycles. The van der Waals surface area contributed by atoms with Crippen LogP contribution in [-0.2, 0) is 11.3 Å². The Hall–Kier alpha value is -2.87. The van der Waals surface area contributed by atoms with E-state index in [1.807, 2.05) is 23.1 Å². The quantitative estimate of drug-likeness (QED) is 0.785. The molecule has 29 heavy (non-hydrogen) atoms. The molecule has 0 N–H and O–H groups in total. The highest BCUT2D eigenvalue weighted by molar-refractivity contribution is 5.96. The maximum absolute atomic E-state index is 13.3. The van der Waals surface area contributed by atoms with Crippen molar-refractivity contribution in [3.63, 3.8) is 0 Å². The normalized spacial score (nSPS) is 17.9. The number of nitrogens with zero attached hydrogens (tertiary/aromatic N) is 4. The maximum atomic E-state index is 13.3. The maximum Gasteiger partial charge on any atom is 0.254 e. The average Bonchev–Trinajstić information content (AvgIpc) is 2.70. The summed E-state index contributed by atoms with van der Waals surface area (Å²) < 4.78 is 26.4. The van der Waals surface area contributed by atoms with Crippen LogP contribution in [0.4, 0.5) is 8.78 Å². The van der Waals surface area contributed by atoms with Crippen LogP contribution in [0.25, 0.3) is 0 Å². The Bertz CT molecular complexity index is 895. The van der Waals surface area contributed by atoms with E-state index >= 15 is 0 Å². The third kappa shape index (κ3) is 4.27. The Labute approximate surface area is 167 Å². The Balaban J connectivity index is 1.24. The summed E-state index contributed by atoms with van der Waals surface area (Å²) in [5.41, 5.74) is 1.11. The predicted octanol–water partition coefficient (Wildman–Crippen LogP) is 1.78. The molecule has 4 rings (SSSR count).